The molecule has 4 aromatic rings. The fourth-order valence-electron chi connectivity index (χ4n) is 5.64. The molecule has 3 saturated carbocycles. The largest absolute Gasteiger partial charge is 0.481 e. The van der Waals surface area contributed by atoms with Crippen molar-refractivity contribution in [3.8, 4) is 11.4 Å². The summed E-state index contributed by atoms with van der Waals surface area (Å²) in [5, 5.41) is 12.3. The van der Waals surface area contributed by atoms with Crippen molar-refractivity contribution in [3.63, 3.8) is 0 Å². The summed E-state index contributed by atoms with van der Waals surface area (Å²) in [7, 11) is 0. The number of rotatable bonds is 3. The lowest BCUT2D eigenvalue weighted by atomic mass is 9.61. The number of aromatic nitrogens is 5. The lowest BCUT2D eigenvalue weighted by Gasteiger charge is -2.47. The van der Waals surface area contributed by atoms with Crippen molar-refractivity contribution in [2.45, 2.75) is 31.7 Å². The average molecular weight is 422 g/mol. The molecule has 0 unspecified atom stereocenters. The Kier molecular flexibility index (Phi) is 3.90. The zero-order chi connectivity index (χ0) is 20.4. The molecule has 7 nitrogen and oxygen atoms in total. The number of aromatic amines is 1. The molecule has 8 heteroatoms. The van der Waals surface area contributed by atoms with Crippen molar-refractivity contribution in [1.82, 2.24) is 24.5 Å². The number of carbonyl (C=O) groups is 1. The maximum Gasteiger partial charge on any atom is 0.308 e. The number of hydrogen-bond acceptors (Lipinski definition) is 4. The molecule has 2 N–H and O–H groups in total. The van der Waals surface area contributed by atoms with Gasteiger partial charge < -0.3 is 14.7 Å². The van der Waals surface area contributed by atoms with Crippen LogP contribution in [0.25, 0.3) is 33.5 Å². The third-order valence-electron chi connectivity index (χ3n) is 6.98. The number of halogens is 1. The molecule has 0 saturated heterocycles. The third-order valence-corrected chi connectivity index (χ3v) is 7.18. The first-order valence-electron chi connectivity index (χ1n) is 10.3. The molecule has 0 aromatic carbocycles. The summed E-state index contributed by atoms with van der Waals surface area (Å²) in [6.45, 7) is 0. The van der Waals surface area contributed by atoms with Gasteiger partial charge >= 0.3 is 5.97 Å². The lowest BCUT2D eigenvalue weighted by Crippen LogP contribution is -2.44. The fourth-order valence-corrected chi connectivity index (χ4v) is 5.79. The second kappa shape index (κ2) is 6.54. The molecule has 4 heterocycles. The van der Waals surface area contributed by atoms with Gasteiger partial charge in [-0.1, -0.05) is 11.6 Å². The number of nitrogens with zero attached hydrogens (tertiary/aromatic N) is 4. The summed E-state index contributed by atoms with van der Waals surface area (Å²) in [5.74, 6) is 0.149. The summed E-state index contributed by atoms with van der Waals surface area (Å²) >= 11 is 6.14. The Morgan fingerprint density at radius 1 is 1.17 bits per heavy atom. The zero-order valence-corrected chi connectivity index (χ0v) is 16.9. The summed E-state index contributed by atoms with van der Waals surface area (Å²) < 4.78 is 2.09. The van der Waals surface area contributed by atoms with Crippen LogP contribution in [0.4, 0.5) is 0 Å². The molecule has 30 heavy (non-hydrogen) atoms. The zero-order valence-electron chi connectivity index (χ0n) is 16.1. The van der Waals surface area contributed by atoms with E-state index in [1.54, 1.807) is 6.20 Å². The molecule has 0 amide bonds. The van der Waals surface area contributed by atoms with Crippen LogP contribution in [0, 0.1) is 17.8 Å². The Morgan fingerprint density at radius 2 is 1.97 bits per heavy atom. The van der Waals surface area contributed by atoms with Gasteiger partial charge in [0.2, 0.25) is 0 Å². The normalized spacial score (nSPS) is 25.9. The van der Waals surface area contributed by atoms with Gasteiger partial charge in [-0.05, 0) is 49.7 Å². The summed E-state index contributed by atoms with van der Waals surface area (Å²) in [6.07, 6.45) is 11.4. The number of carboxylic acid groups (broad SMARTS) is 1. The number of nitrogens with one attached hydrogen (secondary N) is 1. The maximum atomic E-state index is 12.1. The molecule has 3 aliphatic rings. The predicted molar refractivity (Wildman–Crippen MR) is 113 cm³/mol. The average Bonchev–Trinajstić information content (AvgIpc) is 3.37. The van der Waals surface area contributed by atoms with Crippen molar-refractivity contribution < 1.29 is 9.90 Å². The number of H-pyrrole nitrogens is 1. The number of hydrogen-bond donors (Lipinski definition) is 2. The van der Waals surface area contributed by atoms with Crippen molar-refractivity contribution in [2.75, 3.05) is 0 Å². The molecule has 2 bridgehead atoms. The van der Waals surface area contributed by atoms with Crippen LogP contribution < -0.4 is 0 Å². The minimum absolute atomic E-state index is 0.0608. The second-order valence-electron chi connectivity index (χ2n) is 8.48. The molecule has 0 spiro atoms. The van der Waals surface area contributed by atoms with Crippen molar-refractivity contribution >= 4 is 39.6 Å². The van der Waals surface area contributed by atoms with E-state index in [1.807, 2.05) is 30.7 Å². The van der Waals surface area contributed by atoms with Crippen LogP contribution >= 0.6 is 11.6 Å². The highest BCUT2D eigenvalue weighted by atomic mass is 35.5. The van der Waals surface area contributed by atoms with Gasteiger partial charge in [0, 0.05) is 41.1 Å². The van der Waals surface area contributed by atoms with E-state index < -0.39 is 5.97 Å². The minimum Gasteiger partial charge on any atom is -0.481 e. The smallest absolute Gasteiger partial charge is 0.308 e. The SMILES string of the molecule is O=C(O)[C@H]1C2CCC(CC2)[C@@H]1n1ccc2cnc(-c3c[nH]c4ncc(Cl)cc34)nc21. The van der Waals surface area contributed by atoms with Gasteiger partial charge in [-0.3, -0.25) is 4.79 Å². The third kappa shape index (κ3) is 2.58. The topological polar surface area (TPSA) is 96.7 Å². The molecule has 152 valence electrons. The van der Waals surface area contributed by atoms with E-state index in [0.29, 0.717) is 16.8 Å². The summed E-state index contributed by atoms with van der Waals surface area (Å²) in [5.41, 5.74) is 2.34. The first-order chi connectivity index (χ1) is 14.6. The van der Waals surface area contributed by atoms with Crippen molar-refractivity contribution in [2.24, 2.45) is 17.8 Å². The molecule has 2 atom stereocenters. The van der Waals surface area contributed by atoms with Crippen LogP contribution in [0.2, 0.25) is 5.02 Å². The molecule has 0 radical (unpaired) electrons. The Morgan fingerprint density at radius 3 is 2.77 bits per heavy atom. The van der Waals surface area contributed by atoms with E-state index in [4.69, 9.17) is 16.6 Å². The van der Waals surface area contributed by atoms with Crippen LogP contribution in [-0.2, 0) is 4.79 Å². The van der Waals surface area contributed by atoms with E-state index in [0.717, 1.165) is 53.3 Å². The van der Waals surface area contributed by atoms with Gasteiger partial charge in [-0.15, -0.1) is 0 Å². The van der Waals surface area contributed by atoms with Gasteiger partial charge in [-0.25, -0.2) is 15.0 Å². The molecular weight excluding hydrogens is 402 g/mol. The monoisotopic (exact) mass is 421 g/mol. The Balaban J connectivity index is 1.50. The number of aliphatic carboxylic acids is 1. The highest BCUT2D eigenvalue weighted by Crippen LogP contribution is 2.52. The Hall–Kier alpha value is -2.93. The summed E-state index contributed by atoms with van der Waals surface area (Å²) in [4.78, 5) is 29.0. The van der Waals surface area contributed by atoms with Gasteiger partial charge in [0.15, 0.2) is 5.82 Å². The van der Waals surface area contributed by atoms with E-state index in [2.05, 4.69) is 19.5 Å². The molecule has 7 rings (SSSR count). The fraction of sp³-hybridized carbons (Fsp3) is 0.364. The number of pyridine rings is 1. The van der Waals surface area contributed by atoms with Crippen LogP contribution in [0.15, 0.2) is 36.9 Å². The first-order valence-corrected chi connectivity index (χ1v) is 10.7. The predicted octanol–water partition coefficient (Wildman–Crippen LogP) is 4.69. The van der Waals surface area contributed by atoms with Crippen LogP contribution in [0.1, 0.15) is 31.7 Å². The van der Waals surface area contributed by atoms with E-state index in [1.165, 1.54) is 0 Å². The van der Waals surface area contributed by atoms with E-state index >= 15 is 0 Å². The minimum atomic E-state index is -0.692. The molecule has 4 aromatic heterocycles. The number of fused-ring (bicyclic) bond motifs is 5. The summed E-state index contributed by atoms with van der Waals surface area (Å²) in [6, 6.07) is 3.77. The van der Waals surface area contributed by atoms with E-state index in [9.17, 15) is 9.90 Å². The Labute approximate surface area is 177 Å². The van der Waals surface area contributed by atoms with Crippen LogP contribution in [0.3, 0.4) is 0 Å². The van der Waals surface area contributed by atoms with Crippen molar-refractivity contribution in [1.29, 1.82) is 0 Å². The number of carboxylic acids is 1. The van der Waals surface area contributed by atoms with Gasteiger partial charge in [-0.2, -0.15) is 0 Å². The van der Waals surface area contributed by atoms with Crippen molar-refractivity contribution in [3.05, 3.63) is 41.9 Å². The molecule has 3 aliphatic carbocycles. The van der Waals surface area contributed by atoms with Gasteiger partial charge in [0.1, 0.15) is 11.3 Å². The maximum absolute atomic E-state index is 12.1. The Bertz CT molecular complexity index is 1290. The van der Waals surface area contributed by atoms with E-state index in [-0.39, 0.29) is 17.9 Å². The first kappa shape index (κ1) is 17.9. The molecule has 0 aliphatic heterocycles. The van der Waals surface area contributed by atoms with Crippen LogP contribution in [0.5, 0.6) is 0 Å². The quantitative estimate of drug-likeness (QED) is 0.500. The standard InChI is InChI=1S/C22H20ClN5O2/c23-14-7-15-16(10-26-19(15)25-9-14)20-24-8-13-5-6-28(21(13)27-20)18-12-3-1-11(2-4-12)17(18)22(29)30/h5-12,17-18H,1-4H2,(H,25,26)(H,29,30)/t11?,12?,17-,18-/m0/s1. The molecule has 3 fully saturated rings. The highest BCUT2D eigenvalue weighted by molar-refractivity contribution is 6.31. The second-order valence-corrected chi connectivity index (χ2v) is 8.91. The van der Waals surface area contributed by atoms with Gasteiger partial charge in [0.05, 0.1) is 17.0 Å². The highest BCUT2D eigenvalue weighted by Gasteiger charge is 2.48. The lowest BCUT2D eigenvalue weighted by molar-refractivity contribution is -0.151. The molecular formula is C22H20ClN5O2. The van der Waals surface area contributed by atoms with Crippen LogP contribution in [-0.4, -0.2) is 35.6 Å². The van der Waals surface area contributed by atoms with Gasteiger partial charge in [0.25, 0.3) is 0 Å².